The predicted octanol–water partition coefficient (Wildman–Crippen LogP) is 3.24. The lowest BCUT2D eigenvalue weighted by molar-refractivity contribution is 0.0685. The predicted molar refractivity (Wildman–Crippen MR) is 54.6 cm³/mol. The molecule has 0 aromatic carbocycles. The van der Waals surface area contributed by atoms with Crippen molar-refractivity contribution in [3.8, 4) is 0 Å². The van der Waals surface area contributed by atoms with E-state index >= 15 is 0 Å². The van der Waals surface area contributed by atoms with Crippen molar-refractivity contribution >= 4 is 0 Å². The molecule has 4 unspecified atom stereocenters. The van der Waals surface area contributed by atoms with Gasteiger partial charge in [0.2, 0.25) is 0 Å². The molecular formula is C12H22O. The van der Waals surface area contributed by atoms with E-state index in [0.29, 0.717) is 17.6 Å². The Labute approximate surface area is 81.9 Å². The summed E-state index contributed by atoms with van der Waals surface area (Å²) in [4.78, 5) is 0. The lowest BCUT2D eigenvalue weighted by atomic mass is 9.66. The highest BCUT2D eigenvalue weighted by atomic mass is 16.5. The van der Waals surface area contributed by atoms with E-state index in [9.17, 15) is 0 Å². The average molecular weight is 182 g/mol. The van der Waals surface area contributed by atoms with E-state index in [1.54, 1.807) is 0 Å². The second-order valence-electron chi connectivity index (χ2n) is 5.75. The minimum Gasteiger partial charge on any atom is -0.374 e. The molecule has 4 atom stereocenters. The third-order valence-corrected chi connectivity index (χ3v) is 3.90. The van der Waals surface area contributed by atoms with Gasteiger partial charge in [0, 0.05) is 0 Å². The average Bonchev–Trinajstić information content (AvgIpc) is 2.59. The Morgan fingerprint density at radius 3 is 2.23 bits per heavy atom. The van der Waals surface area contributed by atoms with Crippen molar-refractivity contribution in [1.82, 2.24) is 0 Å². The van der Waals surface area contributed by atoms with Gasteiger partial charge in [-0.3, -0.25) is 0 Å². The van der Waals surface area contributed by atoms with Crippen LogP contribution in [0.3, 0.4) is 0 Å². The minimum atomic E-state index is 0.431. The summed E-state index contributed by atoms with van der Waals surface area (Å²) < 4.78 is 6.01. The summed E-state index contributed by atoms with van der Waals surface area (Å²) >= 11 is 0. The molecule has 2 fully saturated rings. The van der Waals surface area contributed by atoms with Crippen LogP contribution in [0.15, 0.2) is 0 Å². The molecule has 2 bridgehead atoms. The van der Waals surface area contributed by atoms with Gasteiger partial charge in [0.05, 0.1) is 12.2 Å². The Bertz CT molecular complexity index is 192. The molecule has 2 heterocycles. The molecule has 0 amide bonds. The summed E-state index contributed by atoms with van der Waals surface area (Å²) in [6.45, 7) is 9.41. The van der Waals surface area contributed by atoms with Gasteiger partial charge >= 0.3 is 0 Å². The summed E-state index contributed by atoms with van der Waals surface area (Å²) in [5.41, 5.74) is 0.431. The molecule has 0 saturated carbocycles. The third-order valence-electron chi connectivity index (χ3n) is 3.90. The SMILES string of the molecule is CCC1C2CCC(O2)C1C(C)(C)C. The Balaban J connectivity index is 2.18. The molecule has 2 saturated heterocycles. The van der Waals surface area contributed by atoms with Crippen molar-refractivity contribution < 1.29 is 4.74 Å². The molecule has 0 spiro atoms. The Kier molecular flexibility index (Phi) is 2.18. The molecule has 0 N–H and O–H groups in total. The van der Waals surface area contributed by atoms with Gasteiger partial charge in [-0.1, -0.05) is 34.1 Å². The van der Waals surface area contributed by atoms with Gasteiger partial charge < -0.3 is 4.74 Å². The van der Waals surface area contributed by atoms with Crippen LogP contribution in [0, 0.1) is 17.3 Å². The Morgan fingerprint density at radius 1 is 1.15 bits per heavy atom. The van der Waals surface area contributed by atoms with Crippen LogP contribution >= 0.6 is 0 Å². The molecule has 2 rings (SSSR count). The van der Waals surface area contributed by atoms with Crippen molar-refractivity contribution in [3.05, 3.63) is 0 Å². The molecular weight excluding hydrogens is 160 g/mol. The number of hydrogen-bond acceptors (Lipinski definition) is 1. The second-order valence-corrected chi connectivity index (χ2v) is 5.75. The highest BCUT2D eigenvalue weighted by molar-refractivity contribution is 4.99. The fourth-order valence-electron chi connectivity index (χ4n) is 3.49. The summed E-state index contributed by atoms with van der Waals surface area (Å²) in [6, 6.07) is 0. The molecule has 1 nitrogen and oxygen atoms in total. The lowest BCUT2D eigenvalue weighted by Gasteiger charge is -2.37. The van der Waals surface area contributed by atoms with Gasteiger partial charge in [-0.2, -0.15) is 0 Å². The van der Waals surface area contributed by atoms with E-state index in [2.05, 4.69) is 27.7 Å². The molecule has 2 aliphatic heterocycles. The second kappa shape index (κ2) is 2.98. The number of fused-ring (bicyclic) bond motifs is 2. The van der Waals surface area contributed by atoms with Crippen molar-refractivity contribution in [2.24, 2.45) is 17.3 Å². The van der Waals surface area contributed by atoms with Crippen molar-refractivity contribution in [2.45, 2.75) is 59.2 Å². The van der Waals surface area contributed by atoms with Gasteiger partial charge in [0.1, 0.15) is 0 Å². The van der Waals surface area contributed by atoms with E-state index in [0.717, 1.165) is 11.8 Å². The van der Waals surface area contributed by atoms with Crippen LogP contribution in [0.4, 0.5) is 0 Å². The quantitative estimate of drug-likeness (QED) is 0.605. The minimum absolute atomic E-state index is 0.431. The Hall–Kier alpha value is -0.0400. The van der Waals surface area contributed by atoms with Gasteiger partial charge in [0.25, 0.3) is 0 Å². The van der Waals surface area contributed by atoms with Gasteiger partial charge in [0.15, 0.2) is 0 Å². The van der Waals surface area contributed by atoms with Crippen molar-refractivity contribution in [1.29, 1.82) is 0 Å². The van der Waals surface area contributed by atoms with Crippen LogP contribution < -0.4 is 0 Å². The summed E-state index contributed by atoms with van der Waals surface area (Å²) in [7, 11) is 0. The molecule has 0 aliphatic carbocycles. The maximum absolute atomic E-state index is 6.01. The number of rotatable bonds is 1. The molecule has 0 radical (unpaired) electrons. The third kappa shape index (κ3) is 1.41. The maximum Gasteiger partial charge on any atom is 0.0616 e. The molecule has 13 heavy (non-hydrogen) atoms. The van der Waals surface area contributed by atoms with Crippen LogP contribution in [-0.2, 0) is 4.74 Å². The fourth-order valence-corrected chi connectivity index (χ4v) is 3.49. The van der Waals surface area contributed by atoms with E-state index in [-0.39, 0.29) is 0 Å². The van der Waals surface area contributed by atoms with Gasteiger partial charge in [-0.15, -0.1) is 0 Å². The van der Waals surface area contributed by atoms with E-state index in [1.807, 2.05) is 0 Å². The molecule has 0 aromatic rings. The number of ether oxygens (including phenoxy) is 1. The van der Waals surface area contributed by atoms with Crippen LogP contribution in [0.1, 0.15) is 47.0 Å². The fraction of sp³-hybridized carbons (Fsp3) is 1.00. The lowest BCUT2D eigenvalue weighted by Crippen LogP contribution is -2.36. The zero-order valence-corrected chi connectivity index (χ0v) is 9.34. The first-order valence-electron chi connectivity index (χ1n) is 5.69. The van der Waals surface area contributed by atoms with Crippen molar-refractivity contribution in [2.75, 3.05) is 0 Å². The van der Waals surface area contributed by atoms with Crippen LogP contribution in [0.25, 0.3) is 0 Å². The molecule has 1 heteroatoms. The van der Waals surface area contributed by atoms with Gasteiger partial charge in [-0.05, 0) is 30.1 Å². The maximum atomic E-state index is 6.01. The highest BCUT2D eigenvalue weighted by Crippen LogP contribution is 2.51. The Morgan fingerprint density at radius 2 is 1.77 bits per heavy atom. The topological polar surface area (TPSA) is 9.23 Å². The molecule has 76 valence electrons. The monoisotopic (exact) mass is 182 g/mol. The highest BCUT2D eigenvalue weighted by Gasteiger charge is 2.51. The molecule has 2 aliphatic rings. The first kappa shape index (κ1) is 9.51. The summed E-state index contributed by atoms with van der Waals surface area (Å²) in [6.07, 6.45) is 5.09. The molecule has 0 aromatic heterocycles. The van der Waals surface area contributed by atoms with Crippen molar-refractivity contribution in [3.63, 3.8) is 0 Å². The first-order chi connectivity index (χ1) is 6.04. The van der Waals surface area contributed by atoms with E-state index < -0.39 is 0 Å². The zero-order chi connectivity index (χ0) is 9.64. The first-order valence-corrected chi connectivity index (χ1v) is 5.69. The summed E-state index contributed by atoms with van der Waals surface area (Å²) in [5.74, 6) is 1.63. The summed E-state index contributed by atoms with van der Waals surface area (Å²) in [5, 5.41) is 0. The van der Waals surface area contributed by atoms with Crippen LogP contribution in [0.2, 0.25) is 0 Å². The van der Waals surface area contributed by atoms with E-state index in [1.165, 1.54) is 19.3 Å². The standard InChI is InChI=1S/C12H22O/c1-5-8-9-6-7-10(13-9)11(8)12(2,3)4/h8-11H,5-7H2,1-4H3. The zero-order valence-electron chi connectivity index (χ0n) is 9.34. The normalized spacial score (nSPS) is 44.3. The van der Waals surface area contributed by atoms with Crippen LogP contribution in [-0.4, -0.2) is 12.2 Å². The largest absolute Gasteiger partial charge is 0.374 e. The van der Waals surface area contributed by atoms with Gasteiger partial charge in [-0.25, -0.2) is 0 Å². The van der Waals surface area contributed by atoms with Crippen LogP contribution in [0.5, 0.6) is 0 Å². The smallest absolute Gasteiger partial charge is 0.0616 e. The van der Waals surface area contributed by atoms with E-state index in [4.69, 9.17) is 4.74 Å². The number of hydrogen-bond donors (Lipinski definition) is 0.